The minimum atomic E-state index is -0.402. The SMILES string of the molecule is COC(=O)c1c(NC(=O)CSc2nnc(C(C)Oc3cccc(C)c3C)n2C)sc2c1CCC(C)C2. The molecule has 1 aliphatic rings. The molecule has 0 saturated carbocycles. The van der Waals surface area contributed by atoms with Gasteiger partial charge in [-0.2, -0.15) is 0 Å². The first kappa shape index (κ1) is 26.2. The summed E-state index contributed by atoms with van der Waals surface area (Å²) in [5, 5.41) is 12.7. The van der Waals surface area contributed by atoms with Crippen molar-refractivity contribution in [3.05, 3.63) is 51.2 Å². The van der Waals surface area contributed by atoms with Gasteiger partial charge in [0.1, 0.15) is 10.8 Å². The first-order valence-corrected chi connectivity index (χ1v) is 13.8. The van der Waals surface area contributed by atoms with Crippen molar-refractivity contribution in [1.29, 1.82) is 0 Å². The van der Waals surface area contributed by atoms with Crippen LogP contribution in [0.4, 0.5) is 5.00 Å². The molecule has 0 bridgehead atoms. The van der Waals surface area contributed by atoms with Crippen molar-refractivity contribution in [3.63, 3.8) is 0 Å². The number of aromatic nitrogens is 3. The molecule has 2 heterocycles. The fraction of sp³-hybridized carbons (Fsp3) is 0.462. The maximum atomic E-state index is 12.8. The van der Waals surface area contributed by atoms with Crippen LogP contribution in [-0.4, -0.2) is 39.5 Å². The highest BCUT2D eigenvalue weighted by atomic mass is 32.2. The zero-order valence-corrected chi connectivity index (χ0v) is 23.1. The lowest BCUT2D eigenvalue weighted by Crippen LogP contribution is -2.17. The van der Waals surface area contributed by atoms with Gasteiger partial charge >= 0.3 is 5.97 Å². The van der Waals surface area contributed by atoms with Crippen molar-refractivity contribution in [2.24, 2.45) is 13.0 Å². The van der Waals surface area contributed by atoms with Gasteiger partial charge in [0.2, 0.25) is 5.91 Å². The number of anilines is 1. The highest BCUT2D eigenvalue weighted by molar-refractivity contribution is 7.99. The first-order valence-electron chi connectivity index (χ1n) is 12.0. The maximum Gasteiger partial charge on any atom is 0.341 e. The number of carbonyl (C=O) groups excluding carboxylic acids is 2. The molecule has 0 spiro atoms. The van der Waals surface area contributed by atoms with Crippen molar-refractivity contribution >= 4 is 40.0 Å². The molecule has 0 radical (unpaired) electrons. The third-order valence-electron chi connectivity index (χ3n) is 6.58. The number of hydrogen-bond donors (Lipinski definition) is 1. The van der Waals surface area contributed by atoms with Crippen LogP contribution < -0.4 is 10.1 Å². The number of rotatable bonds is 8. The molecule has 1 aromatic carbocycles. The Morgan fingerprint density at radius 3 is 2.83 bits per heavy atom. The summed E-state index contributed by atoms with van der Waals surface area (Å²) in [6.07, 6.45) is 2.45. The van der Waals surface area contributed by atoms with Gasteiger partial charge in [0.05, 0.1) is 18.4 Å². The standard InChI is InChI=1S/C26H32N4O4S2/c1-14-10-11-18-20(12-14)36-24(22(18)25(32)33-6)27-21(31)13-35-26-29-28-23(30(26)5)17(4)34-19-9-7-8-15(2)16(19)3/h7-9,14,17H,10-13H2,1-6H3,(H,27,31). The number of esters is 1. The van der Waals surface area contributed by atoms with Crippen LogP contribution in [0.15, 0.2) is 23.4 Å². The zero-order valence-electron chi connectivity index (χ0n) is 21.5. The Balaban J connectivity index is 1.42. The zero-order chi connectivity index (χ0) is 26.0. The fourth-order valence-electron chi connectivity index (χ4n) is 4.35. The summed E-state index contributed by atoms with van der Waals surface area (Å²) in [5.41, 5.74) is 3.77. The van der Waals surface area contributed by atoms with Gasteiger partial charge < -0.3 is 19.4 Å². The number of hydrogen-bond acceptors (Lipinski definition) is 8. The van der Waals surface area contributed by atoms with Gasteiger partial charge in [-0.25, -0.2) is 4.79 Å². The molecule has 36 heavy (non-hydrogen) atoms. The average Bonchev–Trinajstić information content (AvgIpc) is 3.39. The third kappa shape index (κ3) is 5.44. The number of nitrogens with one attached hydrogen (secondary N) is 1. The molecule has 0 saturated heterocycles. The summed E-state index contributed by atoms with van der Waals surface area (Å²) < 4.78 is 13.0. The number of ether oxygens (including phenoxy) is 2. The van der Waals surface area contributed by atoms with Gasteiger partial charge in [0.25, 0.3) is 0 Å². The molecule has 2 aromatic heterocycles. The van der Waals surface area contributed by atoms with E-state index in [1.165, 1.54) is 30.2 Å². The second-order valence-corrected chi connectivity index (χ2v) is 11.3. The summed E-state index contributed by atoms with van der Waals surface area (Å²) in [6, 6.07) is 5.97. The van der Waals surface area contributed by atoms with Gasteiger partial charge in [0, 0.05) is 11.9 Å². The van der Waals surface area contributed by atoms with Gasteiger partial charge in [-0.3, -0.25) is 4.79 Å². The van der Waals surface area contributed by atoms with Crippen LogP contribution in [0.25, 0.3) is 0 Å². The monoisotopic (exact) mass is 528 g/mol. The van der Waals surface area contributed by atoms with Crippen molar-refractivity contribution in [3.8, 4) is 5.75 Å². The Bertz CT molecular complexity index is 1280. The van der Waals surface area contributed by atoms with E-state index in [0.717, 1.165) is 46.6 Å². The van der Waals surface area contributed by atoms with Crippen molar-refractivity contribution in [2.75, 3.05) is 18.2 Å². The molecule has 1 aliphatic carbocycles. The topological polar surface area (TPSA) is 95.3 Å². The van der Waals surface area contributed by atoms with E-state index in [0.29, 0.717) is 27.5 Å². The number of thiophene rings is 1. The van der Waals surface area contributed by atoms with E-state index in [1.807, 2.05) is 37.6 Å². The average molecular weight is 529 g/mol. The summed E-state index contributed by atoms with van der Waals surface area (Å²) in [5.74, 6) is 1.58. The van der Waals surface area contributed by atoms with E-state index >= 15 is 0 Å². The normalized spacial score (nSPS) is 15.8. The van der Waals surface area contributed by atoms with Gasteiger partial charge in [-0.05, 0) is 68.7 Å². The predicted molar refractivity (Wildman–Crippen MR) is 142 cm³/mol. The number of fused-ring (bicyclic) bond motifs is 1. The van der Waals surface area contributed by atoms with Crippen LogP contribution in [-0.2, 0) is 29.4 Å². The van der Waals surface area contributed by atoms with E-state index in [-0.39, 0.29) is 17.8 Å². The number of amides is 1. The lowest BCUT2D eigenvalue weighted by atomic mass is 9.88. The van der Waals surface area contributed by atoms with Gasteiger partial charge in [0.15, 0.2) is 17.1 Å². The second-order valence-electron chi connectivity index (χ2n) is 9.24. The minimum absolute atomic E-state index is 0.137. The molecule has 0 aliphatic heterocycles. The second kappa shape index (κ2) is 11.0. The summed E-state index contributed by atoms with van der Waals surface area (Å²) >= 11 is 2.77. The third-order valence-corrected chi connectivity index (χ3v) is 8.77. The fourth-order valence-corrected chi connectivity index (χ4v) is 6.48. The molecular weight excluding hydrogens is 496 g/mol. The molecular formula is C26H32N4O4S2. The number of methoxy groups -OCH3 is 1. The summed E-state index contributed by atoms with van der Waals surface area (Å²) in [7, 11) is 3.23. The van der Waals surface area contributed by atoms with Crippen LogP contribution in [0.2, 0.25) is 0 Å². The smallest absolute Gasteiger partial charge is 0.341 e. The van der Waals surface area contributed by atoms with E-state index < -0.39 is 5.97 Å². The Kier molecular flexibility index (Phi) is 8.04. The Morgan fingerprint density at radius 1 is 1.31 bits per heavy atom. The van der Waals surface area contributed by atoms with Crippen LogP contribution >= 0.6 is 23.1 Å². The molecule has 2 unspecified atom stereocenters. The number of benzene rings is 1. The lowest BCUT2D eigenvalue weighted by Gasteiger charge is -2.18. The van der Waals surface area contributed by atoms with Crippen molar-refractivity contribution in [1.82, 2.24) is 14.8 Å². The van der Waals surface area contributed by atoms with Crippen molar-refractivity contribution < 1.29 is 19.1 Å². The van der Waals surface area contributed by atoms with Crippen LogP contribution in [0.5, 0.6) is 5.75 Å². The summed E-state index contributed by atoms with van der Waals surface area (Å²) in [6.45, 7) is 8.22. The van der Waals surface area contributed by atoms with Gasteiger partial charge in [-0.15, -0.1) is 21.5 Å². The summed E-state index contributed by atoms with van der Waals surface area (Å²) in [4.78, 5) is 26.5. The molecule has 4 rings (SSSR count). The molecule has 192 valence electrons. The van der Waals surface area contributed by atoms with Crippen LogP contribution in [0, 0.1) is 19.8 Å². The Morgan fingerprint density at radius 2 is 2.08 bits per heavy atom. The first-order chi connectivity index (χ1) is 17.2. The van der Waals surface area contributed by atoms with E-state index in [2.05, 4.69) is 35.4 Å². The minimum Gasteiger partial charge on any atom is -0.482 e. The predicted octanol–water partition coefficient (Wildman–Crippen LogP) is 5.28. The Labute approximate surface area is 219 Å². The molecule has 1 amide bonds. The number of nitrogens with zero attached hydrogens (tertiary/aromatic N) is 3. The largest absolute Gasteiger partial charge is 0.482 e. The van der Waals surface area contributed by atoms with E-state index in [9.17, 15) is 9.59 Å². The molecule has 3 aromatic rings. The van der Waals surface area contributed by atoms with Crippen LogP contribution in [0.3, 0.4) is 0 Å². The quantitative estimate of drug-likeness (QED) is 0.314. The van der Waals surface area contributed by atoms with Crippen molar-refractivity contribution in [2.45, 2.75) is 58.2 Å². The number of carbonyl (C=O) groups is 2. The number of thioether (sulfide) groups is 1. The van der Waals surface area contributed by atoms with Crippen LogP contribution in [0.1, 0.15) is 64.1 Å². The molecule has 1 N–H and O–H groups in total. The molecule has 10 heteroatoms. The van der Waals surface area contributed by atoms with E-state index in [4.69, 9.17) is 9.47 Å². The highest BCUT2D eigenvalue weighted by Crippen LogP contribution is 2.40. The highest BCUT2D eigenvalue weighted by Gasteiger charge is 2.29. The Hall–Kier alpha value is -2.85. The maximum absolute atomic E-state index is 12.8. The number of aryl methyl sites for hydroxylation is 1. The molecule has 0 fully saturated rings. The lowest BCUT2D eigenvalue weighted by molar-refractivity contribution is -0.113. The van der Waals surface area contributed by atoms with E-state index in [1.54, 1.807) is 0 Å². The molecule has 2 atom stereocenters. The van der Waals surface area contributed by atoms with Gasteiger partial charge in [-0.1, -0.05) is 30.8 Å². The molecule has 8 nitrogen and oxygen atoms in total.